The summed E-state index contributed by atoms with van der Waals surface area (Å²) in [6.45, 7) is 0. The van der Waals surface area contributed by atoms with Gasteiger partial charge in [0.1, 0.15) is 0 Å². The highest BCUT2D eigenvalue weighted by Gasteiger charge is 2.47. The number of benzene rings is 8. The molecule has 5 heteroatoms. The van der Waals surface area contributed by atoms with E-state index < -0.39 is 5.41 Å². The van der Waals surface area contributed by atoms with Gasteiger partial charge in [-0.1, -0.05) is 194 Å². The van der Waals surface area contributed by atoms with Gasteiger partial charge >= 0.3 is 0 Å². The lowest BCUT2D eigenvalue weighted by Crippen LogP contribution is -2.28. The number of fused-ring (bicyclic) bond motifs is 9. The molecule has 8 aromatic carbocycles. The van der Waals surface area contributed by atoms with Crippen LogP contribution < -0.4 is 0 Å². The van der Waals surface area contributed by atoms with Gasteiger partial charge in [0.15, 0.2) is 17.5 Å². The lowest BCUT2D eigenvalue weighted by Gasteiger charge is -2.33. The van der Waals surface area contributed by atoms with Gasteiger partial charge in [0, 0.05) is 52.9 Å². The zero-order valence-electron chi connectivity index (χ0n) is 34.0. The fourth-order valence-electron chi connectivity index (χ4n) is 10.5. The zero-order chi connectivity index (χ0) is 41.5. The number of thioether (sulfide) groups is 1. The van der Waals surface area contributed by atoms with Crippen LogP contribution in [0.1, 0.15) is 33.7 Å². The van der Waals surface area contributed by atoms with Crippen molar-refractivity contribution in [3.05, 3.63) is 240 Å². The summed E-state index contributed by atoms with van der Waals surface area (Å²) in [5.74, 6) is 2.36. The number of hydrogen-bond donors (Lipinski definition) is 0. The monoisotopic (exact) mass is 839 g/mol. The van der Waals surface area contributed by atoms with Crippen molar-refractivity contribution >= 4 is 43.3 Å². The maximum atomic E-state index is 5.50. The van der Waals surface area contributed by atoms with Crippen molar-refractivity contribution in [3.8, 4) is 56.4 Å². The Balaban J connectivity index is 1.05. The van der Waals surface area contributed by atoms with Crippen LogP contribution >= 0.6 is 23.1 Å². The Morgan fingerprint density at radius 1 is 0.444 bits per heavy atom. The molecule has 1 aliphatic heterocycles. The summed E-state index contributed by atoms with van der Waals surface area (Å²) in [4.78, 5) is 17.8. The molecule has 13 rings (SSSR count). The zero-order valence-corrected chi connectivity index (χ0v) is 35.7. The molecule has 0 saturated carbocycles. The summed E-state index contributed by atoms with van der Waals surface area (Å²) in [5, 5.41) is 2.88. The highest BCUT2D eigenvalue weighted by Crippen LogP contribution is 2.58. The van der Waals surface area contributed by atoms with Crippen LogP contribution in [0, 0.1) is 0 Å². The first-order chi connectivity index (χ1) is 31.2. The molecule has 2 unspecified atom stereocenters. The van der Waals surface area contributed by atoms with E-state index >= 15 is 0 Å². The van der Waals surface area contributed by atoms with Crippen LogP contribution in [0.4, 0.5) is 0 Å². The smallest absolute Gasteiger partial charge is 0.165 e. The molecule has 0 saturated heterocycles. The fourth-order valence-corrected chi connectivity index (χ4v) is 13.2. The van der Waals surface area contributed by atoms with Crippen LogP contribution in [0.15, 0.2) is 217 Å². The van der Waals surface area contributed by atoms with Gasteiger partial charge in [-0.3, -0.25) is 0 Å². The van der Waals surface area contributed by atoms with Gasteiger partial charge in [-0.15, -0.1) is 23.1 Å². The highest BCUT2D eigenvalue weighted by molar-refractivity contribution is 8.00. The number of allylic oxidation sites excluding steroid dienone is 3. The Bertz CT molecular complexity index is 3470. The average molecular weight is 840 g/mol. The molecule has 0 N–H and O–H groups in total. The molecule has 0 radical (unpaired) electrons. The van der Waals surface area contributed by atoms with E-state index in [4.69, 9.17) is 15.0 Å². The standard InChI is InChI=1S/C58H37N3S2/c1-3-19-38(20-4-1)58(39-21-5-2-6-22-39)48-31-10-7-25-45(48)52-46(29-16-32-49(52)58)56-59-55(60-57(61-56)47-30-15-28-44-42-24-9-12-34-51(42)63-54(44)47)37-18-13-17-36(35-37)40-26-14-27-43-41-23-8-11-33-50(41)62-53(40)43/h1-35,41,50H. The molecule has 0 fully saturated rings. The molecule has 296 valence electrons. The van der Waals surface area contributed by atoms with Crippen LogP contribution in [-0.4, -0.2) is 20.2 Å². The van der Waals surface area contributed by atoms with Gasteiger partial charge in [0.05, 0.1) is 5.41 Å². The van der Waals surface area contributed by atoms with Crippen molar-refractivity contribution in [1.29, 1.82) is 0 Å². The molecule has 3 nitrogen and oxygen atoms in total. The van der Waals surface area contributed by atoms with Gasteiger partial charge < -0.3 is 0 Å². The average Bonchev–Trinajstić information content (AvgIpc) is 4.03. The lowest BCUT2D eigenvalue weighted by atomic mass is 9.67. The summed E-state index contributed by atoms with van der Waals surface area (Å²) in [7, 11) is 0. The minimum Gasteiger partial charge on any atom is -0.208 e. The van der Waals surface area contributed by atoms with Crippen molar-refractivity contribution in [3.63, 3.8) is 0 Å². The maximum absolute atomic E-state index is 5.50. The molecule has 0 spiro atoms. The minimum atomic E-state index is -0.544. The third kappa shape index (κ3) is 5.56. The van der Waals surface area contributed by atoms with Crippen molar-refractivity contribution in [2.24, 2.45) is 0 Å². The summed E-state index contributed by atoms with van der Waals surface area (Å²) >= 11 is 3.77. The highest BCUT2D eigenvalue weighted by atomic mass is 32.2. The molecule has 10 aromatic rings. The largest absolute Gasteiger partial charge is 0.208 e. The first kappa shape index (κ1) is 36.5. The summed E-state index contributed by atoms with van der Waals surface area (Å²) in [6.07, 6.45) is 9.04. The Kier molecular flexibility index (Phi) is 8.37. The van der Waals surface area contributed by atoms with E-state index in [2.05, 4.69) is 212 Å². The minimum absolute atomic E-state index is 0.392. The van der Waals surface area contributed by atoms with E-state index in [-0.39, 0.29) is 0 Å². The number of nitrogens with zero attached hydrogens (tertiary/aromatic N) is 3. The Morgan fingerprint density at radius 2 is 1.05 bits per heavy atom. The number of aromatic nitrogens is 3. The van der Waals surface area contributed by atoms with E-state index in [9.17, 15) is 0 Å². The molecule has 2 atom stereocenters. The van der Waals surface area contributed by atoms with Crippen molar-refractivity contribution in [2.45, 2.75) is 21.5 Å². The van der Waals surface area contributed by atoms with E-state index in [1.807, 2.05) is 11.8 Å². The third-order valence-corrected chi connectivity index (χ3v) is 15.8. The molecule has 63 heavy (non-hydrogen) atoms. The second kappa shape index (κ2) is 14.5. The lowest BCUT2D eigenvalue weighted by molar-refractivity contribution is 0.768. The molecular formula is C58H37N3S2. The molecule has 0 amide bonds. The van der Waals surface area contributed by atoms with Crippen molar-refractivity contribution in [1.82, 2.24) is 15.0 Å². The molecule has 3 heterocycles. The summed E-state index contributed by atoms with van der Waals surface area (Å²) < 4.78 is 2.42. The SMILES string of the molecule is C1=CC2Sc3c(-c4cccc(-c5nc(-c6cccc7c6-c6ccccc6C7(c6ccccc6)c6ccccc6)nc(-c6cccc7c6sc6ccccc67)n5)c4)cccc3C2C=C1. The quantitative estimate of drug-likeness (QED) is 0.167. The van der Waals surface area contributed by atoms with Crippen molar-refractivity contribution < 1.29 is 0 Å². The third-order valence-electron chi connectivity index (χ3n) is 13.2. The van der Waals surface area contributed by atoms with Crippen LogP contribution in [0.2, 0.25) is 0 Å². The van der Waals surface area contributed by atoms with Gasteiger partial charge in [-0.25, -0.2) is 15.0 Å². The second-order valence-corrected chi connectivity index (χ2v) is 18.8. The van der Waals surface area contributed by atoms with E-state index in [1.165, 1.54) is 64.0 Å². The van der Waals surface area contributed by atoms with Crippen LogP contribution in [0.3, 0.4) is 0 Å². The number of hydrogen-bond acceptors (Lipinski definition) is 5. The first-order valence-corrected chi connectivity index (χ1v) is 23.2. The predicted molar refractivity (Wildman–Crippen MR) is 262 cm³/mol. The second-order valence-electron chi connectivity index (χ2n) is 16.5. The Morgan fingerprint density at radius 3 is 1.90 bits per heavy atom. The predicted octanol–water partition coefficient (Wildman–Crippen LogP) is 15.0. The van der Waals surface area contributed by atoms with Crippen LogP contribution in [-0.2, 0) is 5.41 Å². The summed E-state index contributed by atoms with van der Waals surface area (Å²) in [6, 6.07) is 68.2. The van der Waals surface area contributed by atoms with E-state index in [0.29, 0.717) is 28.6 Å². The fraction of sp³-hybridized carbons (Fsp3) is 0.0517. The number of rotatable bonds is 6. The van der Waals surface area contributed by atoms with Gasteiger partial charge in [0.25, 0.3) is 0 Å². The molecular weight excluding hydrogens is 803 g/mol. The van der Waals surface area contributed by atoms with Gasteiger partial charge in [-0.2, -0.15) is 0 Å². The van der Waals surface area contributed by atoms with Crippen LogP contribution in [0.25, 0.3) is 76.6 Å². The van der Waals surface area contributed by atoms with Gasteiger partial charge in [-0.05, 0) is 68.3 Å². The molecule has 0 bridgehead atoms. The first-order valence-electron chi connectivity index (χ1n) is 21.5. The van der Waals surface area contributed by atoms with Gasteiger partial charge in [0.2, 0.25) is 0 Å². The normalized spacial score (nSPS) is 16.5. The molecule has 2 aromatic heterocycles. The molecule has 3 aliphatic rings. The van der Waals surface area contributed by atoms with Crippen LogP contribution in [0.5, 0.6) is 0 Å². The van der Waals surface area contributed by atoms with E-state index in [0.717, 1.165) is 27.8 Å². The Hall–Kier alpha value is -7.18. The molecule has 2 aliphatic carbocycles. The topological polar surface area (TPSA) is 38.7 Å². The van der Waals surface area contributed by atoms with Crippen molar-refractivity contribution in [2.75, 3.05) is 0 Å². The Labute approximate surface area is 374 Å². The van der Waals surface area contributed by atoms with E-state index in [1.54, 1.807) is 11.3 Å². The maximum Gasteiger partial charge on any atom is 0.165 e. The summed E-state index contributed by atoms with van der Waals surface area (Å²) in [5.41, 5.74) is 13.5. The number of thiophene rings is 1.